The van der Waals surface area contributed by atoms with Gasteiger partial charge in [0.1, 0.15) is 11.6 Å². The summed E-state index contributed by atoms with van der Waals surface area (Å²) in [5.41, 5.74) is 0.667. The van der Waals surface area contributed by atoms with Gasteiger partial charge in [0.2, 0.25) is 0 Å². The maximum absolute atomic E-state index is 12.7. The highest BCUT2D eigenvalue weighted by Gasteiger charge is 2.30. The maximum Gasteiger partial charge on any atom is 0.416 e. The summed E-state index contributed by atoms with van der Waals surface area (Å²) in [6, 6.07) is 7.05. The van der Waals surface area contributed by atoms with Crippen molar-refractivity contribution >= 4 is 5.82 Å². The topological polar surface area (TPSA) is 37.8 Å². The summed E-state index contributed by atoms with van der Waals surface area (Å²) in [6.45, 7) is 4.50. The van der Waals surface area contributed by atoms with E-state index in [-0.39, 0.29) is 6.42 Å². The first-order valence-corrected chi connectivity index (χ1v) is 6.63. The van der Waals surface area contributed by atoms with Crippen molar-refractivity contribution in [2.24, 2.45) is 0 Å². The van der Waals surface area contributed by atoms with Gasteiger partial charge in [0, 0.05) is 24.7 Å². The molecular formula is C15H16F3N3. The molecule has 0 radical (unpaired) electrons. The Morgan fingerprint density at radius 2 is 1.90 bits per heavy atom. The fourth-order valence-corrected chi connectivity index (χ4v) is 2.02. The smallest absolute Gasteiger partial charge is 0.370 e. The molecule has 0 aliphatic rings. The van der Waals surface area contributed by atoms with Crippen molar-refractivity contribution in [2.45, 2.75) is 26.4 Å². The summed E-state index contributed by atoms with van der Waals surface area (Å²) in [5, 5.41) is 3.08. The Kier molecular flexibility index (Phi) is 4.45. The number of nitrogens with zero attached hydrogens (tertiary/aromatic N) is 2. The largest absolute Gasteiger partial charge is 0.416 e. The SMILES string of the molecule is CCNc1cc(C)nc(Cc2cccc(C(F)(F)F)c2)n1. The van der Waals surface area contributed by atoms with Crippen molar-refractivity contribution in [1.82, 2.24) is 9.97 Å². The van der Waals surface area contributed by atoms with E-state index in [0.717, 1.165) is 24.4 Å². The van der Waals surface area contributed by atoms with Gasteiger partial charge in [-0.25, -0.2) is 9.97 Å². The van der Waals surface area contributed by atoms with Crippen LogP contribution in [0.1, 0.15) is 29.6 Å². The van der Waals surface area contributed by atoms with E-state index in [9.17, 15) is 13.2 Å². The van der Waals surface area contributed by atoms with Crippen molar-refractivity contribution in [3.63, 3.8) is 0 Å². The van der Waals surface area contributed by atoms with Gasteiger partial charge in [-0.2, -0.15) is 13.2 Å². The molecule has 0 fully saturated rings. The molecule has 0 unspecified atom stereocenters. The van der Waals surface area contributed by atoms with Gasteiger partial charge in [-0.3, -0.25) is 0 Å². The number of aromatic nitrogens is 2. The van der Waals surface area contributed by atoms with E-state index in [1.54, 1.807) is 12.1 Å². The predicted octanol–water partition coefficient (Wildman–Crippen LogP) is 3.83. The summed E-state index contributed by atoms with van der Waals surface area (Å²) in [5.74, 6) is 1.19. The lowest BCUT2D eigenvalue weighted by Gasteiger charge is -2.09. The van der Waals surface area contributed by atoms with Crippen LogP contribution in [0.3, 0.4) is 0 Å². The van der Waals surface area contributed by atoms with E-state index in [1.807, 2.05) is 13.8 Å². The Labute approximate surface area is 121 Å². The normalized spacial score (nSPS) is 11.5. The van der Waals surface area contributed by atoms with Crippen LogP contribution in [-0.2, 0) is 12.6 Å². The molecule has 1 heterocycles. The zero-order valence-electron chi connectivity index (χ0n) is 11.8. The molecule has 0 saturated heterocycles. The molecule has 0 atom stereocenters. The van der Waals surface area contributed by atoms with E-state index in [0.29, 0.717) is 17.2 Å². The molecule has 21 heavy (non-hydrogen) atoms. The Morgan fingerprint density at radius 1 is 1.14 bits per heavy atom. The summed E-state index contributed by atoms with van der Waals surface area (Å²) in [6.07, 6.45) is -4.07. The number of hydrogen-bond donors (Lipinski definition) is 1. The van der Waals surface area contributed by atoms with E-state index >= 15 is 0 Å². The second-order valence-electron chi connectivity index (χ2n) is 4.72. The number of alkyl halides is 3. The van der Waals surface area contributed by atoms with Gasteiger partial charge < -0.3 is 5.32 Å². The Bertz CT molecular complexity index is 624. The predicted molar refractivity (Wildman–Crippen MR) is 75.2 cm³/mol. The first-order chi connectivity index (χ1) is 9.88. The van der Waals surface area contributed by atoms with Crippen molar-refractivity contribution in [1.29, 1.82) is 0 Å². The molecule has 2 aromatic rings. The quantitative estimate of drug-likeness (QED) is 0.931. The van der Waals surface area contributed by atoms with Crippen molar-refractivity contribution < 1.29 is 13.2 Å². The minimum Gasteiger partial charge on any atom is -0.370 e. The van der Waals surface area contributed by atoms with Gasteiger partial charge in [-0.05, 0) is 25.5 Å². The van der Waals surface area contributed by atoms with Crippen LogP contribution in [0.15, 0.2) is 30.3 Å². The summed E-state index contributed by atoms with van der Waals surface area (Å²) in [4.78, 5) is 8.58. The Morgan fingerprint density at radius 3 is 2.57 bits per heavy atom. The molecule has 1 aromatic heterocycles. The third-order valence-electron chi connectivity index (χ3n) is 2.87. The van der Waals surface area contributed by atoms with Crippen LogP contribution >= 0.6 is 0 Å². The van der Waals surface area contributed by atoms with Gasteiger partial charge in [0.15, 0.2) is 0 Å². The monoisotopic (exact) mass is 295 g/mol. The number of nitrogens with one attached hydrogen (secondary N) is 1. The number of aryl methyl sites for hydroxylation is 1. The zero-order chi connectivity index (χ0) is 15.5. The van der Waals surface area contributed by atoms with Gasteiger partial charge in [0.05, 0.1) is 5.56 Å². The lowest BCUT2D eigenvalue weighted by molar-refractivity contribution is -0.137. The lowest BCUT2D eigenvalue weighted by atomic mass is 10.1. The Balaban J connectivity index is 2.26. The highest BCUT2D eigenvalue weighted by Crippen LogP contribution is 2.29. The van der Waals surface area contributed by atoms with E-state index in [2.05, 4.69) is 15.3 Å². The number of benzene rings is 1. The van der Waals surface area contributed by atoms with Crippen LogP contribution < -0.4 is 5.32 Å². The number of hydrogen-bond acceptors (Lipinski definition) is 3. The minimum absolute atomic E-state index is 0.268. The molecule has 112 valence electrons. The van der Waals surface area contributed by atoms with E-state index in [4.69, 9.17) is 0 Å². The van der Waals surface area contributed by atoms with Crippen molar-refractivity contribution in [2.75, 3.05) is 11.9 Å². The zero-order valence-corrected chi connectivity index (χ0v) is 11.8. The first-order valence-electron chi connectivity index (χ1n) is 6.63. The molecule has 1 aromatic carbocycles. The molecule has 0 aliphatic carbocycles. The van der Waals surface area contributed by atoms with Crippen molar-refractivity contribution in [3.05, 3.63) is 53.0 Å². The second-order valence-corrected chi connectivity index (χ2v) is 4.72. The standard InChI is InChI=1S/C15H16F3N3/c1-3-19-13-7-10(2)20-14(21-13)9-11-5-4-6-12(8-11)15(16,17)18/h4-8H,3,9H2,1-2H3,(H,19,20,21). The number of rotatable bonds is 4. The van der Waals surface area contributed by atoms with Gasteiger partial charge >= 0.3 is 6.18 Å². The number of halogens is 3. The molecule has 0 saturated carbocycles. The van der Waals surface area contributed by atoms with Crippen LogP contribution in [0.2, 0.25) is 0 Å². The molecule has 0 spiro atoms. The minimum atomic E-state index is -4.33. The second kappa shape index (κ2) is 6.11. The van der Waals surface area contributed by atoms with Crippen molar-refractivity contribution in [3.8, 4) is 0 Å². The average Bonchev–Trinajstić information content (AvgIpc) is 2.37. The van der Waals surface area contributed by atoms with Crippen LogP contribution in [0.4, 0.5) is 19.0 Å². The maximum atomic E-state index is 12.7. The first kappa shape index (κ1) is 15.3. The fraction of sp³-hybridized carbons (Fsp3) is 0.333. The molecule has 6 heteroatoms. The molecule has 0 amide bonds. The molecular weight excluding hydrogens is 279 g/mol. The van der Waals surface area contributed by atoms with Gasteiger partial charge in [0.25, 0.3) is 0 Å². The highest BCUT2D eigenvalue weighted by molar-refractivity contribution is 5.36. The molecule has 2 rings (SSSR count). The fourth-order valence-electron chi connectivity index (χ4n) is 2.02. The van der Waals surface area contributed by atoms with E-state index < -0.39 is 11.7 Å². The molecule has 0 bridgehead atoms. The third kappa shape index (κ3) is 4.18. The molecule has 0 aliphatic heterocycles. The summed E-state index contributed by atoms with van der Waals surface area (Å²) < 4.78 is 38.1. The van der Waals surface area contributed by atoms with Crippen LogP contribution in [-0.4, -0.2) is 16.5 Å². The lowest BCUT2D eigenvalue weighted by Crippen LogP contribution is -2.07. The summed E-state index contributed by atoms with van der Waals surface area (Å²) >= 11 is 0. The summed E-state index contributed by atoms with van der Waals surface area (Å²) in [7, 11) is 0. The van der Waals surface area contributed by atoms with Crippen LogP contribution in [0.25, 0.3) is 0 Å². The van der Waals surface area contributed by atoms with E-state index in [1.165, 1.54) is 6.07 Å². The Hall–Kier alpha value is -2.11. The highest BCUT2D eigenvalue weighted by atomic mass is 19.4. The van der Waals surface area contributed by atoms with Gasteiger partial charge in [-0.1, -0.05) is 18.2 Å². The van der Waals surface area contributed by atoms with Crippen LogP contribution in [0.5, 0.6) is 0 Å². The number of anilines is 1. The van der Waals surface area contributed by atoms with Gasteiger partial charge in [-0.15, -0.1) is 0 Å². The molecule has 1 N–H and O–H groups in total. The molecule has 3 nitrogen and oxygen atoms in total. The third-order valence-corrected chi connectivity index (χ3v) is 2.87. The van der Waals surface area contributed by atoms with Crippen LogP contribution in [0, 0.1) is 6.92 Å². The average molecular weight is 295 g/mol.